The molecule has 27 heavy (non-hydrogen) atoms. The zero-order valence-corrected chi connectivity index (χ0v) is 15.7. The Hall–Kier alpha value is -3.29. The van der Waals surface area contributed by atoms with Crippen molar-refractivity contribution in [2.24, 2.45) is 0 Å². The number of fused-ring (bicyclic) bond motifs is 1. The molecule has 0 bridgehead atoms. The van der Waals surface area contributed by atoms with E-state index in [1.54, 1.807) is 12.5 Å². The number of carbonyl (C=O) groups is 1. The second-order valence-electron chi connectivity index (χ2n) is 7.05. The molecule has 1 amide bonds. The zero-order chi connectivity index (χ0) is 19.2. The fourth-order valence-electron chi connectivity index (χ4n) is 3.42. The Kier molecular flexibility index (Phi) is 3.91. The number of nitrogens with one attached hydrogen (secondary N) is 2. The fourth-order valence-corrected chi connectivity index (χ4v) is 3.42. The molecule has 8 heteroatoms. The SMILES string of the molecule is CCN1c2nc(-c3ccc(-c4nnc[nH]4)cc3C)cnc2NC(=O)C1(C)C. The molecular formula is C19H21N7O. The van der Waals surface area contributed by atoms with E-state index < -0.39 is 5.54 Å². The van der Waals surface area contributed by atoms with Gasteiger partial charge in [-0.1, -0.05) is 12.1 Å². The number of anilines is 2. The first-order chi connectivity index (χ1) is 12.9. The molecule has 138 valence electrons. The summed E-state index contributed by atoms with van der Waals surface area (Å²) >= 11 is 0. The first-order valence-electron chi connectivity index (χ1n) is 8.85. The topological polar surface area (TPSA) is 99.7 Å². The van der Waals surface area contributed by atoms with Crippen molar-refractivity contribution < 1.29 is 4.79 Å². The number of likely N-dealkylation sites (N-methyl/N-ethyl adjacent to an activating group) is 1. The van der Waals surface area contributed by atoms with E-state index in [0.717, 1.165) is 28.2 Å². The van der Waals surface area contributed by atoms with Crippen LogP contribution in [0.15, 0.2) is 30.7 Å². The number of carbonyl (C=O) groups excluding carboxylic acids is 1. The number of rotatable bonds is 3. The van der Waals surface area contributed by atoms with Gasteiger partial charge in [-0.15, -0.1) is 10.2 Å². The molecule has 0 fully saturated rings. The highest BCUT2D eigenvalue weighted by molar-refractivity contribution is 6.04. The molecule has 1 aliphatic rings. The van der Waals surface area contributed by atoms with Gasteiger partial charge >= 0.3 is 0 Å². The summed E-state index contributed by atoms with van der Waals surface area (Å²) in [6.07, 6.45) is 3.25. The quantitative estimate of drug-likeness (QED) is 0.742. The second-order valence-corrected chi connectivity index (χ2v) is 7.05. The molecule has 1 aliphatic heterocycles. The van der Waals surface area contributed by atoms with Gasteiger partial charge in [0.15, 0.2) is 17.5 Å². The van der Waals surface area contributed by atoms with Gasteiger partial charge in [0.2, 0.25) is 0 Å². The third-order valence-electron chi connectivity index (χ3n) is 4.98. The predicted molar refractivity (Wildman–Crippen MR) is 103 cm³/mol. The lowest BCUT2D eigenvalue weighted by Crippen LogP contribution is -2.56. The molecule has 0 atom stereocenters. The molecule has 0 aliphatic carbocycles. The summed E-state index contributed by atoms with van der Waals surface area (Å²) in [6, 6.07) is 6.03. The fraction of sp³-hybridized carbons (Fsp3) is 0.316. The summed E-state index contributed by atoms with van der Waals surface area (Å²) in [4.78, 5) is 26.7. The minimum absolute atomic E-state index is 0.0773. The van der Waals surface area contributed by atoms with Gasteiger partial charge in [-0.3, -0.25) is 4.79 Å². The van der Waals surface area contributed by atoms with Crippen molar-refractivity contribution in [2.75, 3.05) is 16.8 Å². The third kappa shape index (κ3) is 2.73. The number of aryl methyl sites for hydroxylation is 1. The van der Waals surface area contributed by atoms with Crippen LogP contribution in [0, 0.1) is 6.92 Å². The lowest BCUT2D eigenvalue weighted by molar-refractivity contribution is -0.120. The van der Waals surface area contributed by atoms with Gasteiger partial charge in [0.1, 0.15) is 11.9 Å². The minimum Gasteiger partial charge on any atom is -0.340 e. The zero-order valence-electron chi connectivity index (χ0n) is 15.7. The van der Waals surface area contributed by atoms with Crippen LogP contribution in [0.5, 0.6) is 0 Å². The summed E-state index contributed by atoms with van der Waals surface area (Å²) in [5.41, 5.74) is 3.09. The van der Waals surface area contributed by atoms with Gasteiger partial charge in [0.05, 0.1) is 11.9 Å². The van der Waals surface area contributed by atoms with Crippen molar-refractivity contribution in [1.82, 2.24) is 25.1 Å². The van der Waals surface area contributed by atoms with Gasteiger partial charge in [0, 0.05) is 17.7 Å². The molecule has 1 aromatic carbocycles. The number of aromatic amines is 1. The highest BCUT2D eigenvalue weighted by Gasteiger charge is 2.41. The standard InChI is InChI=1S/C19H21N7O/c1-5-26-17-16(24-18(27)19(26,3)4)20-9-14(23-17)13-7-6-12(8-11(13)2)15-21-10-22-25-15/h6-10H,5H2,1-4H3,(H,20,24,27)(H,21,22,25). The Morgan fingerprint density at radius 1 is 1.26 bits per heavy atom. The van der Waals surface area contributed by atoms with Gasteiger partial charge < -0.3 is 15.2 Å². The van der Waals surface area contributed by atoms with Gasteiger partial charge in [-0.2, -0.15) is 0 Å². The molecule has 0 saturated carbocycles. The lowest BCUT2D eigenvalue weighted by atomic mass is 9.98. The summed E-state index contributed by atoms with van der Waals surface area (Å²) in [5.74, 6) is 1.84. The van der Waals surface area contributed by atoms with Crippen LogP contribution in [0.4, 0.5) is 11.6 Å². The smallest absolute Gasteiger partial charge is 0.250 e. The highest BCUT2D eigenvalue weighted by Crippen LogP contribution is 2.36. The average Bonchev–Trinajstić information content (AvgIpc) is 3.17. The van der Waals surface area contributed by atoms with E-state index in [0.29, 0.717) is 18.2 Å². The number of hydrogen-bond acceptors (Lipinski definition) is 6. The van der Waals surface area contributed by atoms with Crippen LogP contribution in [-0.4, -0.2) is 43.1 Å². The largest absolute Gasteiger partial charge is 0.340 e. The molecule has 0 unspecified atom stereocenters. The number of H-pyrrole nitrogens is 1. The van der Waals surface area contributed by atoms with Crippen LogP contribution < -0.4 is 10.2 Å². The summed E-state index contributed by atoms with van der Waals surface area (Å²) in [5, 5.41) is 10.7. The molecular weight excluding hydrogens is 342 g/mol. The van der Waals surface area contributed by atoms with E-state index in [2.05, 4.69) is 25.5 Å². The minimum atomic E-state index is -0.680. The Morgan fingerprint density at radius 3 is 2.74 bits per heavy atom. The van der Waals surface area contributed by atoms with Crippen LogP contribution >= 0.6 is 0 Å². The van der Waals surface area contributed by atoms with Crippen LogP contribution in [0.1, 0.15) is 26.3 Å². The first-order valence-corrected chi connectivity index (χ1v) is 8.85. The lowest BCUT2D eigenvalue weighted by Gasteiger charge is -2.41. The van der Waals surface area contributed by atoms with Crippen molar-refractivity contribution in [3.05, 3.63) is 36.3 Å². The van der Waals surface area contributed by atoms with E-state index in [4.69, 9.17) is 4.98 Å². The van der Waals surface area contributed by atoms with Crippen molar-refractivity contribution in [3.63, 3.8) is 0 Å². The second kappa shape index (κ2) is 6.15. The summed E-state index contributed by atoms with van der Waals surface area (Å²) in [7, 11) is 0. The van der Waals surface area contributed by atoms with Gasteiger partial charge in [-0.05, 0) is 39.3 Å². The van der Waals surface area contributed by atoms with Crippen molar-refractivity contribution in [2.45, 2.75) is 33.2 Å². The number of hydrogen-bond donors (Lipinski definition) is 2. The van der Waals surface area contributed by atoms with Gasteiger partial charge in [-0.25, -0.2) is 9.97 Å². The highest BCUT2D eigenvalue weighted by atomic mass is 16.2. The number of aromatic nitrogens is 5. The molecule has 3 heterocycles. The number of nitrogens with zero attached hydrogens (tertiary/aromatic N) is 5. The molecule has 3 aromatic rings. The van der Waals surface area contributed by atoms with Crippen molar-refractivity contribution >= 4 is 17.5 Å². The average molecular weight is 363 g/mol. The van der Waals surface area contributed by atoms with E-state index in [-0.39, 0.29) is 5.91 Å². The Labute approximate surface area is 157 Å². The summed E-state index contributed by atoms with van der Waals surface area (Å²) in [6.45, 7) is 8.48. The van der Waals surface area contributed by atoms with Crippen molar-refractivity contribution in [1.29, 1.82) is 0 Å². The Balaban J connectivity index is 1.77. The third-order valence-corrected chi connectivity index (χ3v) is 4.98. The van der Waals surface area contributed by atoms with Crippen molar-refractivity contribution in [3.8, 4) is 22.6 Å². The molecule has 0 radical (unpaired) electrons. The normalized spacial score (nSPS) is 15.4. The molecule has 4 rings (SSSR count). The first kappa shape index (κ1) is 17.1. The predicted octanol–water partition coefficient (Wildman–Crippen LogP) is 2.79. The maximum atomic E-state index is 12.4. The van der Waals surface area contributed by atoms with E-state index >= 15 is 0 Å². The monoisotopic (exact) mass is 363 g/mol. The van der Waals surface area contributed by atoms with Crippen LogP contribution in [0.25, 0.3) is 22.6 Å². The number of benzene rings is 1. The Bertz CT molecular complexity index is 1010. The van der Waals surface area contributed by atoms with Gasteiger partial charge in [0.25, 0.3) is 5.91 Å². The maximum absolute atomic E-state index is 12.4. The Morgan fingerprint density at radius 2 is 2.07 bits per heavy atom. The number of amides is 1. The molecule has 8 nitrogen and oxygen atoms in total. The van der Waals surface area contributed by atoms with E-state index in [9.17, 15) is 4.79 Å². The van der Waals surface area contributed by atoms with E-state index in [1.165, 1.54) is 0 Å². The van der Waals surface area contributed by atoms with Crippen LogP contribution in [0.2, 0.25) is 0 Å². The van der Waals surface area contributed by atoms with Crippen LogP contribution in [0.3, 0.4) is 0 Å². The molecule has 2 N–H and O–H groups in total. The molecule has 0 spiro atoms. The van der Waals surface area contributed by atoms with Crippen LogP contribution in [-0.2, 0) is 4.79 Å². The molecule has 0 saturated heterocycles. The molecule has 2 aromatic heterocycles. The summed E-state index contributed by atoms with van der Waals surface area (Å²) < 4.78 is 0. The maximum Gasteiger partial charge on any atom is 0.250 e. The van der Waals surface area contributed by atoms with E-state index in [1.807, 2.05) is 50.8 Å².